The Balaban J connectivity index is 1.93. The molecule has 1 heteroatoms. The van der Waals surface area contributed by atoms with E-state index in [1.54, 1.807) is 0 Å². The summed E-state index contributed by atoms with van der Waals surface area (Å²) in [5.74, 6) is 1.03. The van der Waals surface area contributed by atoms with E-state index in [1.165, 1.54) is 43.2 Å². The Hall–Kier alpha value is -0.820. The molecule has 1 unspecified atom stereocenters. The van der Waals surface area contributed by atoms with Crippen molar-refractivity contribution in [1.82, 2.24) is 5.32 Å². The van der Waals surface area contributed by atoms with Gasteiger partial charge in [0.25, 0.3) is 0 Å². The van der Waals surface area contributed by atoms with Gasteiger partial charge >= 0.3 is 0 Å². The molecule has 1 atom stereocenters. The minimum Gasteiger partial charge on any atom is -0.310 e. The van der Waals surface area contributed by atoms with E-state index in [1.807, 2.05) is 0 Å². The molecule has 1 aliphatic rings. The molecule has 1 saturated carbocycles. The summed E-state index contributed by atoms with van der Waals surface area (Å²) in [5, 5.41) is 3.69. The molecule has 0 aromatic heterocycles. The van der Waals surface area contributed by atoms with Gasteiger partial charge in [-0.15, -0.1) is 0 Å². The van der Waals surface area contributed by atoms with E-state index < -0.39 is 0 Å². The maximum Gasteiger partial charge on any atom is 0.0320 e. The number of benzene rings is 1. The van der Waals surface area contributed by atoms with Gasteiger partial charge in [-0.25, -0.2) is 0 Å². The van der Waals surface area contributed by atoms with Crippen LogP contribution in [-0.4, -0.2) is 6.54 Å². The van der Waals surface area contributed by atoms with Crippen LogP contribution in [0.3, 0.4) is 0 Å². The summed E-state index contributed by atoms with van der Waals surface area (Å²) in [4.78, 5) is 0. The molecule has 0 aliphatic heterocycles. The fourth-order valence-electron chi connectivity index (χ4n) is 2.31. The maximum absolute atomic E-state index is 3.69. The van der Waals surface area contributed by atoms with Gasteiger partial charge in [-0.2, -0.15) is 0 Å². The number of nitrogens with one attached hydrogen (secondary N) is 1. The Morgan fingerprint density at radius 3 is 2.53 bits per heavy atom. The van der Waals surface area contributed by atoms with Crippen LogP contribution in [0.15, 0.2) is 24.3 Å². The monoisotopic (exact) mass is 231 g/mol. The normalized spacial score (nSPS) is 17.1. The van der Waals surface area contributed by atoms with Crippen molar-refractivity contribution in [3.8, 4) is 0 Å². The zero-order chi connectivity index (χ0) is 12.1. The van der Waals surface area contributed by atoms with Gasteiger partial charge in [-0.3, -0.25) is 0 Å². The minimum atomic E-state index is 0.566. The number of aryl methyl sites for hydroxylation is 1. The van der Waals surface area contributed by atoms with Gasteiger partial charge < -0.3 is 5.32 Å². The third-order valence-corrected chi connectivity index (χ3v) is 3.68. The number of hydrogen-bond donors (Lipinski definition) is 1. The predicted octanol–water partition coefficient (Wildman–Crippen LogP) is 4.23. The SMILES string of the molecule is CCCNC(CCC1CC1)c1ccc(C)cc1. The molecule has 1 fully saturated rings. The number of hydrogen-bond acceptors (Lipinski definition) is 1. The van der Waals surface area contributed by atoms with Gasteiger partial charge in [0.1, 0.15) is 0 Å². The minimum absolute atomic E-state index is 0.566. The van der Waals surface area contributed by atoms with Crippen LogP contribution in [0, 0.1) is 12.8 Å². The maximum atomic E-state index is 3.69. The summed E-state index contributed by atoms with van der Waals surface area (Å²) < 4.78 is 0. The molecule has 17 heavy (non-hydrogen) atoms. The summed E-state index contributed by atoms with van der Waals surface area (Å²) in [5.41, 5.74) is 2.81. The van der Waals surface area contributed by atoms with E-state index in [4.69, 9.17) is 0 Å². The Morgan fingerprint density at radius 1 is 1.24 bits per heavy atom. The van der Waals surface area contributed by atoms with Gasteiger partial charge in [0.15, 0.2) is 0 Å². The Morgan fingerprint density at radius 2 is 1.94 bits per heavy atom. The third kappa shape index (κ3) is 4.16. The highest BCUT2D eigenvalue weighted by atomic mass is 14.9. The second kappa shape index (κ2) is 6.20. The van der Waals surface area contributed by atoms with Gasteiger partial charge in [-0.1, -0.05) is 49.6 Å². The average molecular weight is 231 g/mol. The molecule has 2 rings (SSSR count). The second-order valence-corrected chi connectivity index (χ2v) is 5.44. The molecule has 1 N–H and O–H groups in total. The highest BCUT2D eigenvalue weighted by Gasteiger charge is 2.22. The molecule has 1 aromatic rings. The molecular weight excluding hydrogens is 206 g/mol. The van der Waals surface area contributed by atoms with Crippen molar-refractivity contribution in [2.45, 2.75) is 52.0 Å². The van der Waals surface area contributed by atoms with Gasteiger partial charge in [-0.05, 0) is 44.2 Å². The first-order chi connectivity index (χ1) is 8.29. The lowest BCUT2D eigenvalue weighted by atomic mass is 9.99. The largest absolute Gasteiger partial charge is 0.310 e. The van der Waals surface area contributed by atoms with Crippen molar-refractivity contribution < 1.29 is 0 Å². The molecule has 0 saturated heterocycles. The van der Waals surface area contributed by atoms with Crippen molar-refractivity contribution >= 4 is 0 Å². The standard InChI is InChI=1S/C16H25N/c1-3-12-17-16(11-8-14-6-7-14)15-9-4-13(2)5-10-15/h4-5,9-10,14,16-17H,3,6-8,11-12H2,1-2H3. The van der Waals surface area contributed by atoms with Crippen molar-refractivity contribution in [3.63, 3.8) is 0 Å². The van der Waals surface area contributed by atoms with E-state index in [0.29, 0.717) is 6.04 Å². The van der Waals surface area contributed by atoms with Gasteiger partial charge in [0, 0.05) is 6.04 Å². The highest BCUT2D eigenvalue weighted by Crippen LogP contribution is 2.35. The lowest BCUT2D eigenvalue weighted by molar-refractivity contribution is 0.470. The summed E-state index contributed by atoms with van der Waals surface area (Å²) in [6.07, 6.45) is 6.84. The summed E-state index contributed by atoms with van der Waals surface area (Å²) >= 11 is 0. The summed E-state index contributed by atoms with van der Waals surface area (Å²) in [6, 6.07) is 9.60. The average Bonchev–Trinajstić information content (AvgIpc) is 3.15. The lowest BCUT2D eigenvalue weighted by Crippen LogP contribution is -2.22. The van der Waals surface area contributed by atoms with Gasteiger partial charge in [0.05, 0.1) is 0 Å². The van der Waals surface area contributed by atoms with E-state index in [9.17, 15) is 0 Å². The Bertz CT molecular complexity index is 324. The molecule has 0 bridgehead atoms. The van der Waals surface area contributed by atoms with Crippen molar-refractivity contribution in [2.75, 3.05) is 6.54 Å². The van der Waals surface area contributed by atoms with Crippen LogP contribution in [0.25, 0.3) is 0 Å². The van der Waals surface area contributed by atoms with Crippen molar-refractivity contribution in [2.24, 2.45) is 5.92 Å². The topological polar surface area (TPSA) is 12.0 Å². The van der Waals surface area contributed by atoms with Gasteiger partial charge in [0.2, 0.25) is 0 Å². The Labute approximate surface area is 106 Å². The first-order valence-corrected chi connectivity index (χ1v) is 7.09. The molecule has 1 aromatic carbocycles. The van der Waals surface area contributed by atoms with Crippen LogP contribution in [-0.2, 0) is 0 Å². The third-order valence-electron chi connectivity index (χ3n) is 3.68. The zero-order valence-electron chi connectivity index (χ0n) is 11.2. The van der Waals surface area contributed by atoms with E-state index in [2.05, 4.69) is 43.4 Å². The molecule has 0 spiro atoms. The summed E-state index contributed by atoms with van der Waals surface area (Å²) in [6.45, 7) is 5.52. The predicted molar refractivity (Wildman–Crippen MR) is 74.2 cm³/mol. The summed E-state index contributed by atoms with van der Waals surface area (Å²) in [7, 11) is 0. The van der Waals surface area contributed by atoms with Crippen LogP contribution in [0.2, 0.25) is 0 Å². The smallest absolute Gasteiger partial charge is 0.0320 e. The van der Waals surface area contributed by atoms with Crippen LogP contribution in [0.4, 0.5) is 0 Å². The van der Waals surface area contributed by atoms with E-state index >= 15 is 0 Å². The molecule has 0 radical (unpaired) electrons. The van der Waals surface area contributed by atoms with Crippen LogP contribution in [0.1, 0.15) is 56.2 Å². The number of rotatable bonds is 7. The first kappa shape index (κ1) is 12.6. The van der Waals surface area contributed by atoms with Crippen LogP contribution < -0.4 is 5.32 Å². The van der Waals surface area contributed by atoms with Crippen molar-refractivity contribution in [3.05, 3.63) is 35.4 Å². The molecular formula is C16H25N. The highest BCUT2D eigenvalue weighted by molar-refractivity contribution is 5.24. The molecule has 0 amide bonds. The molecule has 94 valence electrons. The molecule has 1 nitrogen and oxygen atoms in total. The lowest BCUT2D eigenvalue weighted by Gasteiger charge is -2.19. The quantitative estimate of drug-likeness (QED) is 0.740. The van der Waals surface area contributed by atoms with E-state index in [-0.39, 0.29) is 0 Å². The van der Waals surface area contributed by atoms with Crippen molar-refractivity contribution in [1.29, 1.82) is 0 Å². The molecule has 1 aliphatic carbocycles. The first-order valence-electron chi connectivity index (χ1n) is 7.09. The second-order valence-electron chi connectivity index (χ2n) is 5.44. The Kier molecular flexibility index (Phi) is 4.61. The van der Waals surface area contributed by atoms with Crippen LogP contribution >= 0.6 is 0 Å². The fraction of sp³-hybridized carbons (Fsp3) is 0.625. The zero-order valence-corrected chi connectivity index (χ0v) is 11.2. The van der Waals surface area contributed by atoms with E-state index in [0.717, 1.165) is 12.5 Å². The fourth-order valence-corrected chi connectivity index (χ4v) is 2.31. The molecule has 0 heterocycles. The van der Waals surface area contributed by atoms with Crippen LogP contribution in [0.5, 0.6) is 0 Å².